The minimum atomic E-state index is -0.725. The van der Waals surface area contributed by atoms with E-state index >= 15 is 9.59 Å². The Kier molecular flexibility index (Phi) is 9.12. The fraction of sp³-hybridized carbons (Fsp3) is 0.0968. The number of fused-ring (bicyclic) bond motifs is 18. The Morgan fingerprint density at radius 1 is 0.338 bits per heavy atom. The third-order valence-electron chi connectivity index (χ3n) is 14.4. The Morgan fingerprint density at radius 2 is 0.632 bits per heavy atom. The summed E-state index contributed by atoms with van der Waals surface area (Å²) >= 11 is 0. The summed E-state index contributed by atoms with van der Waals surface area (Å²) in [6.07, 6.45) is 13.3. The third kappa shape index (κ3) is 6.25. The van der Waals surface area contributed by atoms with Crippen LogP contribution in [0.3, 0.4) is 0 Å². The molecule has 68 heavy (non-hydrogen) atoms. The smallest absolute Gasteiger partial charge is 0.219 e. The molecule has 6 nitrogen and oxygen atoms in total. The van der Waals surface area contributed by atoms with Gasteiger partial charge in [0, 0.05) is 72.5 Å². The van der Waals surface area contributed by atoms with Gasteiger partial charge in [0.15, 0.2) is 11.6 Å². The number of carbonyl (C=O) groups excluding carboxylic acids is 2. The number of nitrogens with zero attached hydrogens (tertiary/aromatic N) is 2. The van der Waals surface area contributed by atoms with Crippen molar-refractivity contribution in [2.24, 2.45) is 0 Å². The lowest BCUT2D eigenvalue weighted by Gasteiger charge is -2.33. The fourth-order valence-corrected chi connectivity index (χ4v) is 11.5. The van der Waals surface area contributed by atoms with Crippen LogP contribution in [0.4, 0.5) is 0 Å². The summed E-state index contributed by atoms with van der Waals surface area (Å²) in [4.78, 5) is 40.1. The van der Waals surface area contributed by atoms with Gasteiger partial charge in [0.05, 0.1) is 10.8 Å². The van der Waals surface area contributed by atoms with Crippen LogP contribution in [0.2, 0.25) is 0 Å². The van der Waals surface area contributed by atoms with Gasteiger partial charge in [-0.25, -0.2) is 9.97 Å². The van der Waals surface area contributed by atoms with Gasteiger partial charge in [-0.1, -0.05) is 170 Å². The monoisotopic (exact) mass is 878 g/mol. The van der Waals surface area contributed by atoms with Crippen LogP contribution in [-0.4, -0.2) is 21.5 Å². The van der Waals surface area contributed by atoms with E-state index in [4.69, 9.17) is 9.47 Å². The zero-order valence-corrected chi connectivity index (χ0v) is 37.0. The molecule has 2 heterocycles. The van der Waals surface area contributed by atoms with Gasteiger partial charge >= 0.3 is 0 Å². The Hall–Kier alpha value is -8.48. The van der Waals surface area contributed by atoms with E-state index in [1.165, 1.54) is 0 Å². The van der Waals surface area contributed by atoms with Crippen molar-refractivity contribution >= 4 is 11.6 Å². The lowest BCUT2D eigenvalue weighted by Crippen LogP contribution is -2.30. The van der Waals surface area contributed by atoms with Gasteiger partial charge in [-0.3, -0.25) is 9.59 Å². The topological polar surface area (TPSA) is 78.4 Å². The summed E-state index contributed by atoms with van der Waals surface area (Å²) in [7, 11) is 0. The Bertz CT molecular complexity index is 3140. The Balaban J connectivity index is 1.07. The van der Waals surface area contributed by atoms with Gasteiger partial charge in [0.2, 0.25) is 11.8 Å². The molecule has 6 aromatic carbocycles. The van der Waals surface area contributed by atoms with Crippen molar-refractivity contribution in [3.8, 4) is 45.5 Å². The highest BCUT2D eigenvalue weighted by atomic mass is 16.5. The molecule has 8 bridgehead atoms. The molecule has 8 aromatic rings. The maximum atomic E-state index is 15.5. The second-order valence-corrected chi connectivity index (χ2v) is 18.3. The Labute approximate surface area is 394 Å². The highest BCUT2D eigenvalue weighted by Crippen LogP contribution is 2.55. The molecule has 0 atom stereocenters. The van der Waals surface area contributed by atoms with Crippen molar-refractivity contribution in [3.63, 3.8) is 0 Å². The van der Waals surface area contributed by atoms with Crippen molar-refractivity contribution in [3.05, 3.63) is 273 Å². The van der Waals surface area contributed by atoms with Crippen molar-refractivity contribution in [1.29, 1.82) is 0 Å². The average molecular weight is 879 g/mol. The Morgan fingerprint density at radius 3 is 0.926 bits per heavy atom. The summed E-state index contributed by atoms with van der Waals surface area (Å²) < 4.78 is 13.7. The number of carbonyl (C=O) groups is 2. The number of hydrogen-bond acceptors (Lipinski definition) is 6. The first-order valence-corrected chi connectivity index (χ1v) is 23.2. The van der Waals surface area contributed by atoms with E-state index < -0.39 is 10.8 Å². The number of hydrogen-bond donors (Lipinski definition) is 0. The summed E-state index contributed by atoms with van der Waals surface area (Å²) in [6, 6.07) is 57.5. The summed E-state index contributed by atoms with van der Waals surface area (Å²) in [5, 5.41) is 0. The van der Waals surface area contributed by atoms with E-state index in [0.29, 0.717) is 45.6 Å². The van der Waals surface area contributed by atoms with Crippen LogP contribution in [0.25, 0.3) is 22.3 Å². The number of allylic oxidation sites excluding steroid dienone is 8. The predicted octanol–water partition coefficient (Wildman–Crippen LogP) is 12.7. The molecule has 5 aliphatic rings. The fourth-order valence-electron chi connectivity index (χ4n) is 11.5. The number of pyridine rings is 2. The van der Waals surface area contributed by atoms with Gasteiger partial charge in [0.1, 0.15) is 11.5 Å². The highest BCUT2D eigenvalue weighted by molar-refractivity contribution is 6.12. The van der Waals surface area contributed by atoms with E-state index in [2.05, 4.69) is 131 Å². The van der Waals surface area contributed by atoms with Gasteiger partial charge < -0.3 is 9.47 Å². The van der Waals surface area contributed by atoms with Gasteiger partial charge in [-0.15, -0.1) is 0 Å². The summed E-state index contributed by atoms with van der Waals surface area (Å²) in [6.45, 7) is 0. The van der Waals surface area contributed by atoms with Crippen molar-refractivity contribution in [2.75, 3.05) is 0 Å². The zero-order chi connectivity index (χ0) is 45.4. The van der Waals surface area contributed by atoms with Gasteiger partial charge in [0.25, 0.3) is 0 Å². The maximum Gasteiger partial charge on any atom is 0.219 e. The molecule has 0 radical (unpaired) electrons. The van der Waals surface area contributed by atoms with E-state index in [-0.39, 0.29) is 37.2 Å². The standard InChI is InChI=1S/C62H42N2O4/c65-57-43-31-39-15-13-17-41(59(39)67-55-27-9-11-29-63-55)33-45-37-62(53-25-7-3-21-49(53)50-22-4-8-26-54(50)62)38-46(58(45)66)34-42-18-14-16-40(60(42)68-56-28-10-12-30-64-56)32-44(57)36-61(35-43)51-23-5-1-19-47(51)48-20-2-6-24-52(48)61/h1-30,35-38H,31-34H2. The van der Waals surface area contributed by atoms with Crippen LogP contribution >= 0.6 is 0 Å². The summed E-state index contributed by atoms with van der Waals surface area (Å²) in [5.41, 5.74) is 13.6. The first kappa shape index (κ1) is 39.8. The van der Waals surface area contributed by atoms with Crippen molar-refractivity contribution in [1.82, 2.24) is 9.97 Å². The molecule has 0 N–H and O–H groups in total. The van der Waals surface area contributed by atoms with Crippen molar-refractivity contribution in [2.45, 2.75) is 36.5 Å². The lowest BCUT2D eigenvalue weighted by molar-refractivity contribution is -0.113. The average Bonchev–Trinajstić information content (AvgIpc) is 3.80. The molecule has 0 unspecified atom stereocenters. The molecule has 324 valence electrons. The molecule has 0 saturated carbocycles. The molecule has 6 heteroatoms. The minimum absolute atomic E-state index is 0.0362. The maximum absolute atomic E-state index is 15.5. The largest absolute Gasteiger partial charge is 0.438 e. The molecule has 0 fully saturated rings. The molecular weight excluding hydrogens is 837 g/mol. The number of para-hydroxylation sites is 2. The number of aromatic nitrogens is 2. The van der Waals surface area contributed by atoms with Crippen LogP contribution in [0.15, 0.2) is 229 Å². The van der Waals surface area contributed by atoms with Crippen LogP contribution in [0.5, 0.6) is 23.3 Å². The van der Waals surface area contributed by atoms with Gasteiger partial charge in [-0.05, 0) is 78.9 Å². The first-order valence-electron chi connectivity index (χ1n) is 23.2. The number of Topliss-reactive ketones (excluding diaryl/α,β-unsaturated/α-hetero) is 2. The minimum Gasteiger partial charge on any atom is -0.438 e. The van der Waals surface area contributed by atoms with E-state index in [1.807, 2.05) is 72.8 Å². The SMILES string of the molecule is O=C1C2=CC3(C=C1Cc1cccc(c1Oc1ccccn1)CC1=CC4(C=C(Cc5cccc(c5Oc5ccccn5)C2)C1=O)c1ccccc1-c1ccccc14)c1ccccc1-c1ccccc13. The second-order valence-electron chi connectivity index (χ2n) is 18.3. The van der Waals surface area contributed by atoms with E-state index in [0.717, 1.165) is 66.8 Å². The van der Waals surface area contributed by atoms with Crippen LogP contribution < -0.4 is 9.47 Å². The number of rotatable bonds is 4. The molecule has 5 aliphatic carbocycles. The van der Waals surface area contributed by atoms with Crippen LogP contribution in [0.1, 0.15) is 44.5 Å². The number of ether oxygens (including phenoxy) is 2. The zero-order valence-electron chi connectivity index (χ0n) is 37.0. The molecular formula is C62H42N2O4. The molecule has 0 amide bonds. The molecule has 0 saturated heterocycles. The molecule has 0 aliphatic heterocycles. The predicted molar refractivity (Wildman–Crippen MR) is 264 cm³/mol. The molecule has 2 aromatic heterocycles. The third-order valence-corrected chi connectivity index (χ3v) is 14.4. The van der Waals surface area contributed by atoms with E-state index in [1.54, 1.807) is 12.4 Å². The lowest BCUT2D eigenvalue weighted by atomic mass is 9.69. The molecule has 2 spiro atoms. The number of benzene rings is 6. The first-order chi connectivity index (χ1) is 33.5. The number of ketones is 2. The second kappa shape index (κ2) is 15.6. The molecule has 13 rings (SSSR count). The van der Waals surface area contributed by atoms with Crippen LogP contribution in [-0.2, 0) is 46.1 Å². The van der Waals surface area contributed by atoms with Crippen molar-refractivity contribution < 1.29 is 19.1 Å². The van der Waals surface area contributed by atoms with Gasteiger partial charge in [-0.2, -0.15) is 0 Å². The summed E-state index contributed by atoms with van der Waals surface area (Å²) in [5.74, 6) is 1.96. The normalized spacial score (nSPS) is 16.6. The van der Waals surface area contributed by atoms with Crippen LogP contribution in [0, 0.1) is 0 Å². The quantitative estimate of drug-likeness (QED) is 0.175. The highest BCUT2D eigenvalue weighted by Gasteiger charge is 2.46. The van der Waals surface area contributed by atoms with E-state index in [9.17, 15) is 0 Å².